The van der Waals surface area contributed by atoms with Crippen molar-refractivity contribution in [3.63, 3.8) is 0 Å². The summed E-state index contributed by atoms with van der Waals surface area (Å²) in [7, 11) is -2.34. The molecule has 1 saturated heterocycles. The van der Waals surface area contributed by atoms with Crippen LogP contribution in [-0.4, -0.2) is 38.9 Å². The molecule has 0 aromatic carbocycles. The number of hydrogen-bond acceptors (Lipinski definition) is 5. The summed E-state index contributed by atoms with van der Waals surface area (Å²) in [6.45, 7) is 5.14. The Morgan fingerprint density at radius 2 is 2.09 bits per heavy atom. The lowest BCUT2D eigenvalue weighted by molar-refractivity contribution is -0.141. The summed E-state index contributed by atoms with van der Waals surface area (Å²) in [5.41, 5.74) is 0. The number of nitrogens with one attached hydrogen (secondary N) is 1. The SMILES string of the molecule is COC(=O)CC(NS(=O)(=O)N1CC(C)CC(C)C1)c1cccs1. The van der Waals surface area contributed by atoms with E-state index in [9.17, 15) is 13.2 Å². The van der Waals surface area contributed by atoms with Gasteiger partial charge in [0.1, 0.15) is 0 Å². The van der Waals surface area contributed by atoms with E-state index in [4.69, 9.17) is 4.74 Å². The van der Waals surface area contributed by atoms with Crippen LogP contribution in [0.1, 0.15) is 37.6 Å². The van der Waals surface area contributed by atoms with Gasteiger partial charge < -0.3 is 4.74 Å². The Kier molecular flexibility index (Phi) is 6.19. The minimum absolute atomic E-state index is 0.0187. The van der Waals surface area contributed by atoms with E-state index in [1.807, 2.05) is 17.5 Å². The summed E-state index contributed by atoms with van der Waals surface area (Å²) in [6, 6.07) is 3.06. The molecule has 0 aliphatic carbocycles. The molecule has 0 spiro atoms. The average molecular weight is 361 g/mol. The molecule has 0 saturated carbocycles. The van der Waals surface area contributed by atoms with Gasteiger partial charge in [0.25, 0.3) is 10.2 Å². The van der Waals surface area contributed by atoms with Crippen molar-refractivity contribution in [3.05, 3.63) is 22.4 Å². The average Bonchev–Trinajstić information content (AvgIpc) is 2.99. The molecule has 1 aromatic heterocycles. The largest absolute Gasteiger partial charge is 0.469 e. The first-order chi connectivity index (χ1) is 10.8. The standard InChI is InChI=1S/C15H24N2O4S2/c1-11-7-12(2)10-17(9-11)23(19,20)16-13(8-15(18)21-3)14-5-4-6-22-14/h4-6,11-13,16H,7-10H2,1-3H3. The van der Waals surface area contributed by atoms with Gasteiger partial charge in [-0.2, -0.15) is 17.4 Å². The van der Waals surface area contributed by atoms with Crippen LogP contribution in [0.3, 0.4) is 0 Å². The van der Waals surface area contributed by atoms with E-state index in [1.54, 1.807) is 0 Å². The highest BCUT2D eigenvalue weighted by Gasteiger charge is 2.33. The maximum Gasteiger partial charge on any atom is 0.307 e. The summed E-state index contributed by atoms with van der Waals surface area (Å²) >= 11 is 1.42. The molecule has 1 N–H and O–H groups in total. The zero-order valence-corrected chi connectivity index (χ0v) is 15.3. The Hall–Kier alpha value is -0.960. The quantitative estimate of drug-likeness (QED) is 0.789. The zero-order chi connectivity index (χ0) is 17.0. The van der Waals surface area contributed by atoms with Gasteiger partial charge in [-0.3, -0.25) is 4.79 Å². The fraction of sp³-hybridized carbons (Fsp3) is 0.667. The van der Waals surface area contributed by atoms with Crippen molar-refractivity contribution in [1.82, 2.24) is 9.03 Å². The number of methoxy groups -OCH3 is 1. The molecule has 3 atom stereocenters. The molecule has 2 rings (SSSR count). The predicted octanol–water partition coefficient (Wildman–Crippen LogP) is 2.16. The number of esters is 1. The molecule has 1 aliphatic rings. The van der Waals surface area contributed by atoms with Crippen molar-refractivity contribution in [2.45, 2.75) is 32.7 Å². The van der Waals surface area contributed by atoms with Gasteiger partial charge in [0, 0.05) is 18.0 Å². The summed E-state index contributed by atoms with van der Waals surface area (Å²) in [5, 5.41) is 1.86. The van der Waals surface area contributed by atoms with Gasteiger partial charge in [0.2, 0.25) is 0 Å². The van der Waals surface area contributed by atoms with Crippen LogP contribution in [0.25, 0.3) is 0 Å². The normalized spacial score (nSPS) is 24.3. The third kappa shape index (κ3) is 5.00. The second-order valence-electron chi connectivity index (χ2n) is 6.23. The van der Waals surface area contributed by atoms with Gasteiger partial charge in [-0.05, 0) is 29.7 Å². The highest BCUT2D eigenvalue weighted by molar-refractivity contribution is 7.87. The number of thiophene rings is 1. The number of carbonyl (C=O) groups excluding carboxylic acids is 1. The molecule has 0 bridgehead atoms. The molecule has 23 heavy (non-hydrogen) atoms. The zero-order valence-electron chi connectivity index (χ0n) is 13.7. The fourth-order valence-electron chi connectivity index (χ4n) is 3.00. The van der Waals surface area contributed by atoms with Crippen molar-refractivity contribution in [3.8, 4) is 0 Å². The molecule has 1 aromatic rings. The molecule has 8 heteroatoms. The van der Waals surface area contributed by atoms with Crippen molar-refractivity contribution < 1.29 is 17.9 Å². The molecule has 1 aliphatic heterocycles. The van der Waals surface area contributed by atoms with Gasteiger partial charge in [-0.1, -0.05) is 19.9 Å². The molecule has 6 nitrogen and oxygen atoms in total. The Bertz CT molecular complexity index is 605. The molecular formula is C15H24N2O4S2. The number of piperidine rings is 1. The molecule has 130 valence electrons. The summed E-state index contributed by atoms with van der Waals surface area (Å²) in [6.07, 6.45) is 1.01. The van der Waals surface area contributed by atoms with Crippen LogP contribution in [0.5, 0.6) is 0 Å². The Labute approximate surface area is 142 Å². The van der Waals surface area contributed by atoms with E-state index in [2.05, 4.69) is 18.6 Å². The molecule has 0 radical (unpaired) electrons. The Balaban J connectivity index is 2.15. The lowest BCUT2D eigenvalue weighted by Crippen LogP contribution is -2.48. The van der Waals surface area contributed by atoms with Crippen LogP contribution in [-0.2, 0) is 19.7 Å². The first-order valence-corrected chi connectivity index (χ1v) is 10.0. The Morgan fingerprint density at radius 1 is 1.43 bits per heavy atom. The third-order valence-electron chi connectivity index (χ3n) is 3.95. The van der Waals surface area contributed by atoms with Crippen molar-refractivity contribution in [1.29, 1.82) is 0 Å². The maximum absolute atomic E-state index is 12.7. The van der Waals surface area contributed by atoms with Crippen molar-refractivity contribution in [2.24, 2.45) is 11.8 Å². The molecular weight excluding hydrogens is 336 g/mol. The summed E-state index contributed by atoms with van der Waals surface area (Å²) in [4.78, 5) is 12.4. The van der Waals surface area contributed by atoms with E-state index in [0.29, 0.717) is 24.9 Å². The topological polar surface area (TPSA) is 75.7 Å². The monoisotopic (exact) mass is 360 g/mol. The number of rotatable bonds is 6. The number of ether oxygens (including phenoxy) is 1. The van der Waals surface area contributed by atoms with E-state index < -0.39 is 22.2 Å². The summed E-state index contributed by atoms with van der Waals surface area (Å²) in [5.74, 6) is 0.221. The van der Waals surface area contributed by atoms with Crippen LogP contribution in [0.4, 0.5) is 0 Å². The van der Waals surface area contributed by atoms with Gasteiger partial charge in [-0.25, -0.2) is 0 Å². The second kappa shape index (κ2) is 7.74. The third-order valence-corrected chi connectivity index (χ3v) is 6.50. The highest BCUT2D eigenvalue weighted by atomic mass is 32.2. The molecule has 3 unspecified atom stereocenters. The minimum Gasteiger partial charge on any atom is -0.469 e. The van der Waals surface area contributed by atoms with Crippen LogP contribution in [0.15, 0.2) is 17.5 Å². The number of hydrogen-bond donors (Lipinski definition) is 1. The van der Waals surface area contributed by atoms with Crippen LogP contribution < -0.4 is 4.72 Å². The minimum atomic E-state index is -3.65. The fourth-order valence-corrected chi connectivity index (χ4v) is 5.47. The lowest BCUT2D eigenvalue weighted by Gasteiger charge is -2.34. The van der Waals surface area contributed by atoms with E-state index in [-0.39, 0.29) is 6.42 Å². The van der Waals surface area contributed by atoms with Gasteiger partial charge in [0.05, 0.1) is 19.6 Å². The van der Waals surface area contributed by atoms with E-state index in [0.717, 1.165) is 11.3 Å². The first-order valence-electron chi connectivity index (χ1n) is 7.69. The van der Waals surface area contributed by atoms with Crippen LogP contribution in [0.2, 0.25) is 0 Å². The van der Waals surface area contributed by atoms with Gasteiger partial charge in [-0.15, -0.1) is 11.3 Å². The van der Waals surface area contributed by atoms with Crippen molar-refractivity contribution in [2.75, 3.05) is 20.2 Å². The Morgan fingerprint density at radius 3 is 2.61 bits per heavy atom. The lowest BCUT2D eigenvalue weighted by atomic mass is 9.94. The molecule has 2 heterocycles. The highest BCUT2D eigenvalue weighted by Crippen LogP contribution is 2.27. The van der Waals surface area contributed by atoms with Crippen molar-refractivity contribution >= 4 is 27.5 Å². The number of carbonyl (C=O) groups is 1. The smallest absolute Gasteiger partial charge is 0.307 e. The predicted molar refractivity (Wildman–Crippen MR) is 90.3 cm³/mol. The summed E-state index contributed by atoms with van der Waals surface area (Å²) < 4.78 is 34.3. The first kappa shape index (κ1) is 18.4. The van der Waals surface area contributed by atoms with E-state index >= 15 is 0 Å². The van der Waals surface area contributed by atoms with Gasteiger partial charge >= 0.3 is 5.97 Å². The van der Waals surface area contributed by atoms with Crippen LogP contribution in [0, 0.1) is 11.8 Å². The number of nitrogens with zero attached hydrogens (tertiary/aromatic N) is 1. The maximum atomic E-state index is 12.7. The van der Waals surface area contributed by atoms with Gasteiger partial charge in [0.15, 0.2) is 0 Å². The second-order valence-corrected chi connectivity index (χ2v) is 8.92. The molecule has 0 amide bonds. The molecule has 1 fully saturated rings. The van der Waals surface area contributed by atoms with Crippen LogP contribution >= 0.6 is 11.3 Å². The van der Waals surface area contributed by atoms with E-state index in [1.165, 1.54) is 22.8 Å².